The first-order valence-electron chi connectivity index (χ1n) is 12.9. The molecule has 0 bridgehead atoms. The monoisotopic (exact) mass is 583 g/mol. The van der Waals surface area contributed by atoms with E-state index in [0.29, 0.717) is 35.5 Å². The molecule has 0 aliphatic heterocycles. The molecule has 38 heavy (non-hydrogen) atoms. The molecule has 0 radical (unpaired) electrons. The zero-order valence-corrected chi connectivity index (χ0v) is 23.9. The standard InChI is InChI=1S/C30H35BrFN3O3/c1-5-9-35(10-6-2)30(38)23-13-20(4)12-22(17-23)29(37)34-27(16-21-11-19(3)14-25(32)15-21)28(36)26-8-7-24(31)18-33-26/h7-8,11-15,17-18,27-28,36H,5-6,9-10,16H2,1-4H3,(H,34,37). The second-order valence-electron chi connectivity index (χ2n) is 9.65. The van der Waals surface area contributed by atoms with E-state index in [0.717, 1.165) is 28.4 Å². The van der Waals surface area contributed by atoms with E-state index in [2.05, 4.69) is 26.2 Å². The summed E-state index contributed by atoms with van der Waals surface area (Å²) in [6, 6.07) is 12.4. The third-order valence-electron chi connectivity index (χ3n) is 6.17. The fraction of sp³-hybridized carbons (Fsp3) is 0.367. The molecule has 202 valence electrons. The van der Waals surface area contributed by atoms with Crippen molar-refractivity contribution in [1.82, 2.24) is 15.2 Å². The van der Waals surface area contributed by atoms with Gasteiger partial charge in [-0.2, -0.15) is 0 Å². The summed E-state index contributed by atoms with van der Waals surface area (Å²) in [5.74, 6) is -0.932. The van der Waals surface area contributed by atoms with Crippen molar-refractivity contribution < 1.29 is 19.1 Å². The first-order valence-corrected chi connectivity index (χ1v) is 13.7. The molecule has 6 nitrogen and oxygen atoms in total. The Hall–Kier alpha value is -3.10. The van der Waals surface area contributed by atoms with Crippen LogP contribution in [0.5, 0.6) is 0 Å². The number of nitrogens with one attached hydrogen (secondary N) is 1. The maximum Gasteiger partial charge on any atom is 0.253 e. The zero-order chi connectivity index (χ0) is 27.8. The number of benzene rings is 2. The molecule has 0 saturated carbocycles. The molecule has 0 aliphatic carbocycles. The van der Waals surface area contributed by atoms with E-state index in [1.165, 1.54) is 12.1 Å². The summed E-state index contributed by atoms with van der Waals surface area (Å²) in [5, 5.41) is 14.1. The molecule has 0 fully saturated rings. The lowest BCUT2D eigenvalue weighted by atomic mass is 9.96. The van der Waals surface area contributed by atoms with Gasteiger partial charge in [0, 0.05) is 34.9 Å². The van der Waals surface area contributed by atoms with E-state index in [9.17, 15) is 19.1 Å². The van der Waals surface area contributed by atoms with E-state index < -0.39 is 18.1 Å². The van der Waals surface area contributed by atoms with Gasteiger partial charge in [0.2, 0.25) is 0 Å². The van der Waals surface area contributed by atoms with Gasteiger partial charge in [-0.3, -0.25) is 14.6 Å². The number of carbonyl (C=O) groups is 2. The van der Waals surface area contributed by atoms with Crippen molar-refractivity contribution in [3.05, 3.63) is 98.5 Å². The Morgan fingerprint density at radius 2 is 1.66 bits per heavy atom. The summed E-state index contributed by atoms with van der Waals surface area (Å²) in [7, 11) is 0. The van der Waals surface area contributed by atoms with Crippen LogP contribution in [0.25, 0.3) is 0 Å². The lowest BCUT2D eigenvalue weighted by Crippen LogP contribution is -2.41. The van der Waals surface area contributed by atoms with Crippen LogP contribution in [0.4, 0.5) is 4.39 Å². The van der Waals surface area contributed by atoms with Crippen LogP contribution in [0, 0.1) is 19.7 Å². The van der Waals surface area contributed by atoms with Crippen LogP contribution >= 0.6 is 15.9 Å². The molecule has 2 unspecified atom stereocenters. The Bertz CT molecular complexity index is 1240. The maximum absolute atomic E-state index is 14.1. The van der Waals surface area contributed by atoms with Crippen molar-refractivity contribution in [1.29, 1.82) is 0 Å². The Morgan fingerprint density at radius 1 is 1.00 bits per heavy atom. The topological polar surface area (TPSA) is 82.5 Å². The number of nitrogens with zero attached hydrogens (tertiary/aromatic N) is 2. The van der Waals surface area contributed by atoms with Gasteiger partial charge in [-0.15, -0.1) is 0 Å². The summed E-state index contributed by atoms with van der Waals surface area (Å²) in [5.41, 5.74) is 3.30. The van der Waals surface area contributed by atoms with E-state index in [1.54, 1.807) is 48.4 Å². The molecule has 2 atom stereocenters. The summed E-state index contributed by atoms with van der Waals surface area (Å²) in [6.45, 7) is 8.96. The third-order valence-corrected chi connectivity index (χ3v) is 6.64. The van der Waals surface area contributed by atoms with Crippen LogP contribution in [0.2, 0.25) is 0 Å². The number of rotatable bonds is 11. The van der Waals surface area contributed by atoms with Gasteiger partial charge in [0.1, 0.15) is 11.9 Å². The van der Waals surface area contributed by atoms with E-state index in [1.807, 2.05) is 26.8 Å². The molecule has 0 aliphatic rings. The highest BCUT2D eigenvalue weighted by Gasteiger charge is 2.26. The van der Waals surface area contributed by atoms with Crippen LogP contribution in [-0.4, -0.2) is 45.9 Å². The minimum Gasteiger partial charge on any atom is -0.385 e. The van der Waals surface area contributed by atoms with Crippen molar-refractivity contribution in [3.63, 3.8) is 0 Å². The largest absolute Gasteiger partial charge is 0.385 e. The van der Waals surface area contributed by atoms with Crippen LogP contribution in [0.3, 0.4) is 0 Å². The minimum atomic E-state index is -1.15. The van der Waals surface area contributed by atoms with Crippen LogP contribution in [-0.2, 0) is 6.42 Å². The van der Waals surface area contributed by atoms with Gasteiger partial charge in [0.05, 0.1) is 11.7 Å². The quantitative estimate of drug-likeness (QED) is 0.293. The number of hydrogen-bond donors (Lipinski definition) is 2. The fourth-order valence-electron chi connectivity index (χ4n) is 4.52. The van der Waals surface area contributed by atoms with Crippen molar-refractivity contribution in [2.75, 3.05) is 13.1 Å². The highest BCUT2D eigenvalue weighted by molar-refractivity contribution is 9.10. The number of pyridine rings is 1. The van der Waals surface area contributed by atoms with Crippen LogP contribution < -0.4 is 5.32 Å². The first kappa shape index (κ1) is 29.5. The molecule has 1 heterocycles. The number of aliphatic hydroxyl groups is 1. The zero-order valence-electron chi connectivity index (χ0n) is 22.3. The number of halogens is 2. The molecule has 3 rings (SSSR count). The molecular weight excluding hydrogens is 549 g/mol. The summed E-state index contributed by atoms with van der Waals surface area (Å²) < 4.78 is 14.9. The molecule has 0 saturated heterocycles. The van der Waals surface area contributed by atoms with Gasteiger partial charge in [-0.25, -0.2) is 4.39 Å². The molecule has 1 aromatic heterocycles. The van der Waals surface area contributed by atoms with Crippen molar-refractivity contribution in [2.45, 2.75) is 59.1 Å². The number of aliphatic hydroxyl groups excluding tert-OH is 1. The van der Waals surface area contributed by atoms with Crippen LogP contribution in [0.15, 0.2) is 59.2 Å². The normalized spacial score (nSPS) is 12.6. The smallest absolute Gasteiger partial charge is 0.253 e. The summed E-state index contributed by atoms with van der Waals surface area (Å²) >= 11 is 3.34. The fourth-order valence-corrected chi connectivity index (χ4v) is 4.75. The van der Waals surface area contributed by atoms with E-state index >= 15 is 0 Å². The second-order valence-corrected chi connectivity index (χ2v) is 10.6. The van der Waals surface area contributed by atoms with Crippen molar-refractivity contribution in [3.8, 4) is 0 Å². The first-order chi connectivity index (χ1) is 18.1. The van der Waals surface area contributed by atoms with Gasteiger partial charge in [0.15, 0.2) is 0 Å². The van der Waals surface area contributed by atoms with Crippen molar-refractivity contribution in [2.24, 2.45) is 0 Å². The lowest BCUT2D eigenvalue weighted by molar-refractivity contribution is 0.0755. The molecule has 2 amide bonds. The number of aryl methyl sites for hydroxylation is 2. The van der Waals surface area contributed by atoms with Gasteiger partial charge in [-0.05, 0) is 108 Å². The number of carbonyl (C=O) groups excluding carboxylic acids is 2. The Morgan fingerprint density at radius 3 is 2.26 bits per heavy atom. The SMILES string of the molecule is CCCN(CCC)C(=O)c1cc(C)cc(C(=O)NC(Cc2cc(C)cc(F)c2)C(O)c2ccc(Br)cn2)c1. The molecular formula is C30H35BrFN3O3. The highest BCUT2D eigenvalue weighted by Crippen LogP contribution is 2.22. The molecule has 0 spiro atoms. The summed E-state index contributed by atoms with van der Waals surface area (Å²) in [6.07, 6.45) is 2.29. The number of hydrogen-bond acceptors (Lipinski definition) is 4. The van der Waals surface area contributed by atoms with Gasteiger partial charge >= 0.3 is 0 Å². The predicted octanol–water partition coefficient (Wildman–Crippen LogP) is 5.94. The second kappa shape index (κ2) is 13.6. The maximum atomic E-state index is 14.1. The van der Waals surface area contributed by atoms with E-state index in [-0.39, 0.29) is 18.1 Å². The van der Waals surface area contributed by atoms with Crippen molar-refractivity contribution >= 4 is 27.7 Å². The van der Waals surface area contributed by atoms with E-state index in [4.69, 9.17) is 0 Å². The Kier molecular flexibility index (Phi) is 10.6. The molecule has 3 aromatic rings. The highest BCUT2D eigenvalue weighted by atomic mass is 79.9. The van der Waals surface area contributed by atoms with Gasteiger partial charge in [-0.1, -0.05) is 19.9 Å². The average molecular weight is 585 g/mol. The number of amides is 2. The van der Waals surface area contributed by atoms with Gasteiger partial charge < -0.3 is 15.3 Å². The Balaban J connectivity index is 1.92. The average Bonchev–Trinajstić information content (AvgIpc) is 2.86. The lowest BCUT2D eigenvalue weighted by Gasteiger charge is -2.25. The third kappa shape index (κ3) is 7.95. The van der Waals surface area contributed by atoms with Gasteiger partial charge in [0.25, 0.3) is 11.8 Å². The number of aromatic nitrogens is 1. The molecule has 8 heteroatoms. The predicted molar refractivity (Wildman–Crippen MR) is 151 cm³/mol. The molecule has 2 N–H and O–H groups in total. The molecule has 2 aromatic carbocycles. The summed E-state index contributed by atoms with van der Waals surface area (Å²) in [4.78, 5) is 32.8. The van der Waals surface area contributed by atoms with Crippen LogP contribution in [0.1, 0.15) is 75.9 Å². The minimum absolute atomic E-state index is 0.114. The Labute approximate surface area is 232 Å².